The van der Waals surface area contributed by atoms with Crippen LogP contribution in [-0.4, -0.2) is 25.0 Å². The Morgan fingerprint density at radius 1 is 1.57 bits per heavy atom. The van der Waals surface area contributed by atoms with Crippen LogP contribution in [0.2, 0.25) is 0 Å². The summed E-state index contributed by atoms with van der Waals surface area (Å²) in [5.74, 6) is 1.66. The van der Waals surface area contributed by atoms with Crippen molar-refractivity contribution in [3.63, 3.8) is 0 Å². The van der Waals surface area contributed by atoms with Gasteiger partial charge in [-0.2, -0.15) is 5.92 Å². The van der Waals surface area contributed by atoms with Gasteiger partial charge in [-0.05, 0) is 20.0 Å². The molecule has 0 saturated carbocycles. The quantitative estimate of drug-likeness (QED) is 0.559. The van der Waals surface area contributed by atoms with Crippen LogP contribution in [0.15, 0.2) is 11.9 Å². The van der Waals surface area contributed by atoms with E-state index in [9.17, 15) is 4.39 Å². The summed E-state index contributed by atoms with van der Waals surface area (Å²) >= 11 is 0. The molecule has 1 rings (SSSR count). The van der Waals surface area contributed by atoms with E-state index in [1.54, 1.807) is 0 Å². The number of likely N-dealkylation sites (tertiary alicyclic amines) is 1. The summed E-state index contributed by atoms with van der Waals surface area (Å²) in [5.41, 5.74) is 0.881. The fourth-order valence-corrected chi connectivity index (χ4v) is 1.63. The molecule has 1 aliphatic rings. The van der Waals surface area contributed by atoms with Crippen molar-refractivity contribution in [1.82, 2.24) is 4.90 Å². The van der Waals surface area contributed by atoms with Gasteiger partial charge < -0.3 is 21.6 Å². The van der Waals surface area contributed by atoms with Gasteiger partial charge in [0.1, 0.15) is 0 Å². The van der Waals surface area contributed by atoms with Gasteiger partial charge in [-0.25, -0.2) is 5.57 Å². The molecule has 0 spiro atoms. The van der Waals surface area contributed by atoms with E-state index < -0.39 is 0 Å². The summed E-state index contributed by atoms with van der Waals surface area (Å²) in [6, 6.07) is 0. The minimum absolute atomic E-state index is 0. The van der Waals surface area contributed by atoms with Crippen LogP contribution in [0.5, 0.6) is 0 Å². The Labute approximate surface area is 107 Å². The van der Waals surface area contributed by atoms with Gasteiger partial charge in [0.2, 0.25) is 0 Å². The molecular formula is C11H18CdFN. The van der Waals surface area contributed by atoms with Gasteiger partial charge in [-0.15, -0.1) is 0 Å². The second-order valence-electron chi connectivity index (χ2n) is 4.06. The molecule has 1 heterocycles. The molecule has 0 amide bonds. The number of rotatable bonds is 2. The molecule has 0 N–H and O–H groups in total. The molecule has 0 bridgehead atoms. The maximum absolute atomic E-state index is 12.5. The molecule has 0 aromatic carbocycles. The van der Waals surface area contributed by atoms with E-state index in [-0.39, 0.29) is 27.3 Å². The van der Waals surface area contributed by atoms with Crippen molar-refractivity contribution in [1.29, 1.82) is 0 Å². The summed E-state index contributed by atoms with van der Waals surface area (Å²) in [6.45, 7) is 6.09. The first-order chi connectivity index (χ1) is 6.13. The van der Waals surface area contributed by atoms with E-state index in [2.05, 4.69) is 32.2 Å². The first-order valence-electron chi connectivity index (χ1n) is 4.82. The number of nitrogens with zero attached hydrogens (tertiary/aromatic N) is 1. The SMILES string of the molecule is CC(C)[CH-][C-]1CN(C)CC/C1=C\F.[Cd+2]. The molecule has 3 heteroatoms. The van der Waals surface area contributed by atoms with Crippen LogP contribution in [0.25, 0.3) is 0 Å². The first-order valence-corrected chi connectivity index (χ1v) is 4.82. The maximum Gasteiger partial charge on any atom is 2.00 e. The molecule has 1 nitrogen and oxygen atoms in total. The number of hydrogen-bond donors (Lipinski definition) is 0. The third-order valence-electron chi connectivity index (χ3n) is 2.28. The van der Waals surface area contributed by atoms with Crippen molar-refractivity contribution < 1.29 is 31.7 Å². The normalized spacial score (nSPS) is 21.5. The fraction of sp³-hybridized carbons (Fsp3) is 0.636. The molecule has 0 aromatic rings. The van der Waals surface area contributed by atoms with Crippen LogP contribution in [0.4, 0.5) is 4.39 Å². The number of halogens is 1. The second kappa shape index (κ2) is 6.82. The van der Waals surface area contributed by atoms with Gasteiger partial charge in [0.25, 0.3) is 0 Å². The van der Waals surface area contributed by atoms with E-state index in [1.165, 1.54) is 0 Å². The van der Waals surface area contributed by atoms with Crippen LogP contribution in [0.1, 0.15) is 20.3 Å². The van der Waals surface area contributed by atoms with Crippen LogP contribution in [0.3, 0.4) is 0 Å². The van der Waals surface area contributed by atoms with Crippen molar-refractivity contribution in [2.24, 2.45) is 5.92 Å². The van der Waals surface area contributed by atoms with Gasteiger partial charge in [-0.1, -0.05) is 26.7 Å². The predicted molar refractivity (Wildman–Crippen MR) is 53.7 cm³/mol. The van der Waals surface area contributed by atoms with Crippen molar-refractivity contribution in [3.05, 3.63) is 24.2 Å². The van der Waals surface area contributed by atoms with Crippen molar-refractivity contribution in [2.45, 2.75) is 20.3 Å². The number of piperidine rings is 1. The molecule has 76 valence electrons. The van der Waals surface area contributed by atoms with Crippen molar-refractivity contribution in [3.8, 4) is 0 Å². The Morgan fingerprint density at radius 3 is 2.71 bits per heavy atom. The molecule has 0 unspecified atom stereocenters. The average molecular weight is 296 g/mol. The Kier molecular flexibility index (Phi) is 7.03. The summed E-state index contributed by atoms with van der Waals surface area (Å²) in [5, 5.41) is 0. The largest absolute Gasteiger partial charge is 2.00 e. The van der Waals surface area contributed by atoms with Crippen molar-refractivity contribution >= 4 is 0 Å². The summed E-state index contributed by atoms with van der Waals surface area (Å²) in [6.07, 6.45) is 3.76. The standard InChI is InChI=1S/C11H18FN.Cd/c1-9(2)6-11-8-13(3)5-4-10(11)7-12;/h6-7,9H,4-5,8H2,1-3H3;/q-2;+2/b10-7+;. The zero-order chi connectivity index (χ0) is 9.84. The Balaban J connectivity index is 0.00000169. The predicted octanol–water partition coefficient (Wildman–Crippen LogP) is 2.61. The third-order valence-corrected chi connectivity index (χ3v) is 2.28. The molecule has 1 saturated heterocycles. The molecule has 14 heavy (non-hydrogen) atoms. The van der Waals surface area contributed by atoms with Gasteiger partial charge in [0.15, 0.2) is 0 Å². The topological polar surface area (TPSA) is 3.24 Å². The average Bonchev–Trinajstić information content (AvgIpc) is 2.03. The van der Waals surface area contributed by atoms with Gasteiger partial charge >= 0.3 is 27.3 Å². The van der Waals surface area contributed by atoms with Crippen LogP contribution >= 0.6 is 0 Å². The van der Waals surface area contributed by atoms with Gasteiger partial charge in [0.05, 0.1) is 0 Å². The molecule has 0 aromatic heterocycles. The Bertz CT molecular complexity index is 190. The Morgan fingerprint density at radius 2 is 2.21 bits per heavy atom. The first kappa shape index (κ1) is 14.4. The van der Waals surface area contributed by atoms with E-state index in [0.717, 1.165) is 37.3 Å². The molecule has 0 atom stereocenters. The second-order valence-corrected chi connectivity index (χ2v) is 4.06. The smallest absolute Gasteiger partial charge is 0.390 e. The van der Waals surface area contributed by atoms with Gasteiger partial charge in [0, 0.05) is 0 Å². The Hall–Kier alpha value is 0.422. The third kappa shape index (κ3) is 4.30. The fourth-order valence-electron chi connectivity index (χ4n) is 1.63. The molecule has 1 fully saturated rings. The summed E-state index contributed by atoms with van der Waals surface area (Å²) < 4.78 is 12.5. The molecular weight excluding hydrogens is 278 g/mol. The zero-order valence-electron chi connectivity index (χ0n) is 9.39. The van der Waals surface area contributed by atoms with E-state index >= 15 is 0 Å². The number of hydrogen-bond acceptors (Lipinski definition) is 1. The van der Waals surface area contributed by atoms with E-state index in [1.807, 2.05) is 0 Å². The summed E-state index contributed by atoms with van der Waals surface area (Å²) in [7, 11) is 2.07. The van der Waals surface area contributed by atoms with Crippen molar-refractivity contribution in [2.75, 3.05) is 20.1 Å². The van der Waals surface area contributed by atoms with Crippen LogP contribution < -0.4 is 0 Å². The minimum Gasteiger partial charge on any atom is -0.390 e. The van der Waals surface area contributed by atoms with E-state index in [4.69, 9.17) is 0 Å². The van der Waals surface area contributed by atoms with E-state index in [0.29, 0.717) is 5.92 Å². The molecule has 0 aliphatic carbocycles. The zero-order valence-corrected chi connectivity index (χ0v) is 13.4. The summed E-state index contributed by atoms with van der Waals surface area (Å²) in [4.78, 5) is 2.22. The minimum atomic E-state index is 0. The van der Waals surface area contributed by atoms with Gasteiger partial charge in [-0.3, -0.25) is 0 Å². The maximum atomic E-state index is 12.5. The molecule has 1 aliphatic heterocycles. The van der Waals surface area contributed by atoms with Crippen LogP contribution in [0, 0.1) is 18.3 Å². The van der Waals surface area contributed by atoms with Crippen LogP contribution in [-0.2, 0) is 27.3 Å². The monoisotopic (exact) mass is 297 g/mol. The molecule has 0 radical (unpaired) electrons.